The fourth-order valence-corrected chi connectivity index (χ4v) is 5.82. The Balaban J connectivity index is 1.65. The molecule has 8 heterocycles. The lowest BCUT2D eigenvalue weighted by Crippen LogP contribution is -2.67. The van der Waals surface area contributed by atoms with E-state index in [1.807, 2.05) is 28.6 Å². The van der Waals surface area contributed by atoms with Crippen molar-refractivity contribution in [2.24, 2.45) is 0 Å². The van der Waals surface area contributed by atoms with E-state index in [4.69, 9.17) is 38.8 Å². The monoisotopic (exact) mass is 614 g/mol. The lowest BCUT2D eigenvalue weighted by Gasteiger charge is -2.54. The van der Waals surface area contributed by atoms with Crippen LogP contribution in [0.25, 0.3) is 11.3 Å². The highest BCUT2D eigenvalue weighted by Crippen LogP contribution is 2.55. The molecule has 0 saturated carbocycles. The molecule has 0 spiro atoms. The van der Waals surface area contributed by atoms with Crippen molar-refractivity contribution in [3.05, 3.63) is 133 Å². The Hall–Kier alpha value is -6.49. The van der Waals surface area contributed by atoms with E-state index in [9.17, 15) is 0 Å². The highest BCUT2D eigenvalue weighted by atomic mass is 32.1. The number of thiazole rings is 1. The van der Waals surface area contributed by atoms with Crippen LogP contribution >= 0.6 is 11.3 Å². The van der Waals surface area contributed by atoms with E-state index in [0.717, 1.165) is 0 Å². The van der Waals surface area contributed by atoms with Gasteiger partial charge >= 0.3 is 0 Å². The summed E-state index contributed by atoms with van der Waals surface area (Å²) in [7, 11) is 0. The number of hydrogen-bond acceptors (Lipinski definition) is 17. The van der Waals surface area contributed by atoms with E-state index in [-0.39, 0.29) is 11.7 Å². The normalized spacial score (nSPS) is 16.8. The largest absolute Gasteiger partial charge is 0.446 e. The van der Waals surface area contributed by atoms with Gasteiger partial charge in [0.25, 0.3) is 0 Å². The molecule has 0 aliphatic carbocycles. The third kappa shape index (κ3) is 4.17. The Bertz CT molecular complexity index is 2020. The van der Waals surface area contributed by atoms with Crippen molar-refractivity contribution in [3.8, 4) is 0 Å². The number of rotatable bonds is 7. The van der Waals surface area contributed by atoms with Gasteiger partial charge in [-0.2, -0.15) is 15.3 Å². The first-order valence-corrected chi connectivity index (χ1v) is 14.2. The Morgan fingerprint density at radius 3 is 2.38 bits per heavy atom. The number of hydrogen-bond donors (Lipinski definition) is 0. The van der Waals surface area contributed by atoms with Crippen LogP contribution in [0, 0.1) is 0 Å². The van der Waals surface area contributed by atoms with Crippen LogP contribution in [0.5, 0.6) is 0 Å². The van der Waals surface area contributed by atoms with Crippen LogP contribution in [0.2, 0.25) is 0 Å². The van der Waals surface area contributed by atoms with E-state index in [1.165, 1.54) is 30.1 Å². The maximum absolute atomic E-state index is 6.20. The molecule has 0 bridgehead atoms. The van der Waals surface area contributed by atoms with Gasteiger partial charge < -0.3 is 8.94 Å². The molecule has 7 aromatic heterocycles. The van der Waals surface area contributed by atoms with Gasteiger partial charge in [0.05, 0.1) is 18.0 Å². The van der Waals surface area contributed by atoms with Crippen LogP contribution in [0.3, 0.4) is 0 Å². The van der Waals surface area contributed by atoms with Crippen molar-refractivity contribution >= 4 is 39.4 Å². The topological polar surface area (TPSA) is 178 Å². The Labute approximate surface area is 257 Å². The first-order chi connectivity index (χ1) is 22.4. The molecule has 1 aliphatic rings. The zero-order chi connectivity index (χ0) is 30.1. The third-order valence-electron chi connectivity index (χ3n) is 6.81. The summed E-state index contributed by atoms with van der Waals surface area (Å²) in [6.07, 6.45) is 17.4. The predicted octanol–water partition coefficient (Wildman–Crippen LogP) is 3.45. The van der Waals surface area contributed by atoms with Crippen molar-refractivity contribution in [1.29, 1.82) is 0 Å². The molecule has 0 N–H and O–H groups in total. The molecule has 1 unspecified atom stereocenters. The molecule has 8 rings (SSSR count). The van der Waals surface area contributed by atoms with Gasteiger partial charge in [-0.05, 0) is 30.3 Å². The van der Waals surface area contributed by atoms with Gasteiger partial charge in [-0.1, -0.05) is 11.2 Å². The molecule has 0 aromatic carbocycles. The van der Waals surface area contributed by atoms with Crippen LogP contribution in [0.1, 0.15) is 23.1 Å². The van der Waals surface area contributed by atoms with E-state index >= 15 is 0 Å². The van der Waals surface area contributed by atoms with Crippen LogP contribution in [0.15, 0.2) is 119 Å². The summed E-state index contributed by atoms with van der Waals surface area (Å²) in [5.41, 5.74) is 0.0979. The number of aromatic nitrogens is 11. The van der Waals surface area contributed by atoms with Crippen molar-refractivity contribution in [3.63, 3.8) is 0 Å². The van der Waals surface area contributed by atoms with Gasteiger partial charge in [0.15, 0.2) is 17.9 Å². The quantitative estimate of drug-likeness (QED) is 0.255. The summed E-state index contributed by atoms with van der Waals surface area (Å²) in [6.45, 7) is 0. The molecule has 1 atom stereocenters. The smallest absolute Gasteiger partial charge is 0.233 e. The second kappa shape index (κ2) is 11.0. The average Bonchev–Trinajstić information content (AvgIpc) is 3.94. The predicted molar refractivity (Wildman–Crippen MR) is 158 cm³/mol. The van der Waals surface area contributed by atoms with Gasteiger partial charge in [-0.15, -0.1) is 11.3 Å². The first kappa shape index (κ1) is 26.2. The lowest BCUT2D eigenvalue weighted by molar-refractivity contribution is 0.388. The summed E-state index contributed by atoms with van der Waals surface area (Å²) in [4.78, 5) is 32.8. The van der Waals surface area contributed by atoms with E-state index in [2.05, 4.69) is 25.6 Å². The number of hydrazine groups is 2. The van der Waals surface area contributed by atoms with E-state index in [0.29, 0.717) is 39.4 Å². The molecule has 0 fully saturated rings. The molecular formula is C28H18N14O2S. The maximum Gasteiger partial charge on any atom is 0.233 e. The van der Waals surface area contributed by atoms with Crippen molar-refractivity contribution in [2.75, 3.05) is 15.1 Å². The second-order valence-corrected chi connectivity index (χ2v) is 10.1. The minimum atomic E-state index is -1.64. The molecule has 0 saturated heterocycles. The number of nitrogens with zero attached hydrogens (tertiary/aromatic N) is 14. The SMILES string of the molecule is c1ccc(N2C(c3cnccn3)=C(c3ncccn3)C(c3cccnn3)(c3ncco3)N(c3conn3)N2c2nccs2)nc1. The first-order valence-electron chi connectivity index (χ1n) is 13.3. The van der Waals surface area contributed by atoms with Gasteiger partial charge in [-0.25, -0.2) is 34.9 Å². The lowest BCUT2D eigenvalue weighted by atomic mass is 9.80. The summed E-state index contributed by atoms with van der Waals surface area (Å²) >= 11 is 1.36. The summed E-state index contributed by atoms with van der Waals surface area (Å²) in [5.74, 6) is 1.20. The molecule has 1 aliphatic heterocycles. The molecular weight excluding hydrogens is 596 g/mol. The third-order valence-corrected chi connectivity index (χ3v) is 7.55. The fraction of sp³-hybridized carbons (Fsp3) is 0.0357. The Morgan fingerprint density at radius 2 is 1.69 bits per heavy atom. The van der Waals surface area contributed by atoms with Gasteiger partial charge in [-0.3, -0.25) is 9.97 Å². The summed E-state index contributed by atoms with van der Waals surface area (Å²) in [5, 5.41) is 24.8. The molecule has 7 aromatic rings. The highest BCUT2D eigenvalue weighted by Gasteiger charge is 2.61. The van der Waals surface area contributed by atoms with Crippen LogP contribution < -0.4 is 15.1 Å². The van der Waals surface area contributed by atoms with Crippen LogP contribution in [-0.4, -0.2) is 55.5 Å². The van der Waals surface area contributed by atoms with Crippen LogP contribution in [-0.2, 0) is 5.54 Å². The molecule has 45 heavy (non-hydrogen) atoms. The van der Waals surface area contributed by atoms with Gasteiger partial charge in [0, 0.05) is 54.0 Å². The number of anilines is 3. The van der Waals surface area contributed by atoms with Gasteiger partial charge in [0.1, 0.15) is 23.3 Å². The number of oxazole rings is 1. The Kier molecular flexibility index (Phi) is 6.38. The zero-order valence-corrected chi connectivity index (χ0v) is 23.7. The van der Waals surface area contributed by atoms with E-state index < -0.39 is 5.54 Å². The maximum atomic E-state index is 6.20. The highest BCUT2D eigenvalue weighted by molar-refractivity contribution is 7.13. The molecule has 16 nitrogen and oxygen atoms in total. The summed E-state index contributed by atoms with van der Waals surface area (Å²) in [6, 6.07) is 10.8. The standard InChI is InChI=1S/C28H18N14O2S/c1-2-7-31-21(6-1)40-24(19-17-29-11-12-30-19)23(25-32-8-4-9-33-25)28(26-34-13-15-43-26,20-5-3-10-36-37-20)41(22-18-44-39-38-22)42(40)27-35-14-16-45-27/h1-18H. The summed E-state index contributed by atoms with van der Waals surface area (Å²) < 4.78 is 11.5. The molecule has 0 radical (unpaired) electrons. The van der Waals surface area contributed by atoms with E-state index in [1.54, 1.807) is 77.9 Å². The molecule has 17 heteroatoms. The minimum absolute atomic E-state index is 0.178. The van der Waals surface area contributed by atoms with Crippen molar-refractivity contribution in [1.82, 2.24) is 55.5 Å². The van der Waals surface area contributed by atoms with Crippen molar-refractivity contribution in [2.45, 2.75) is 5.54 Å². The van der Waals surface area contributed by atoms with Gasteiger partial charge in [0.2, 0.25) is 22.4 Å². The minimum Gasteiger partial charge on any atom is -0.446 e. The fourth-order valence-electron chi connectivity index (χ4n) is 5.20. The molecule has 0 amide bonds. The van der Waals surface area contributed by atoms with Crippen LogP contribution in [0.4, 0.5) is 16.8 Å². The van der Waals surface area contributed by atoms with Crippen molar-refractivity contribution < 1.29 is 8.94 Å². The zero-order valence-electron chi connectivity index (χ0n) is 22.9. The molecule has 218 valence electrons. The number of pyridine rings is 1. The Morgan fingerprint density at radius 1 is 0.756 bits per heavy atom. The average molecular weight is 615 g/mol. The second-order valence-electron chi connectivity index (χ2n) is 9.22.